The summed E-state index contributed by atoms with van der Waals surface area (Å²) in [5.74, 6) is 0.0902. The Morgan fingerprint density at radius 3 is 2.36 bits per heavy atom. The molecule has 170 valence electrons. The SMILES string of the molecule is CCOc1ccc(/C(O)=C2/C(=O)C(=O)N(Cc3ccco3)C2c2cccc(OCC)c2)cc1. The maximum Gasteiger partial charge on any atom is 0.296 e. The lowest BCUT2D eigenvalue weighted by Crippen LogP contribution is -2.29. The van der Waals surface area contributed by atoms with Gasteiger partial charge in [-0.15, -0.1) is 0 Å². The van der Waals surface area contributed by atoms with Crippen LogP contribution >= 0.6 is 0 Å². The molecule has 1 amide bonds. The van der Waals surface area contributed by atoms with Gasteiger partial charge in [0.25, 0.3) is 11.7 Å². The number of benzene rings is 2. The zero-order valence-electron chi connectivity index (χ0n) is 18.5. The molecule has 0 aliphatic carbocycles. The van der Waals surface area contributed by atoms with Crippen LogP contribution in [-0.4, -0.2) is 34.9 Å². The van der Waals surface area contributed by atoms with Crippen molar-refractivity contribution in [3.8, 4) is 11.5 Å². The van der Waals surface area contributed by atoms with Crippen molar-refractivity contribution in [2.75, 3.05) is 13.2 Å². The van der Waals surface area contributed by atoms with Crippen molar-refractivity contribution >= 4 is 17.4 Å². The van der Waals surface area contributed by atoms with Crippen LogP contribution in [0.25, 0.3) is 5.76 Å². The Morgan fingerprint density at radius 2 is 1.70 bits per heavy atom. The molecule has 1 atom stereocenters. The molecule has 33 heavy (non-hydrogen) atoms. The fraction of sp³-hybridized carbons (Fsp3) is 0.231. The summed E-state index contributed by atoms with van der Waals surface area (Å²) in [5, 5.41) is 11.2. The number of hydrogen-bond acceptors (Lipinski definition) is 6. The highest BCUT2D eigenvalue weighted by molar-refractivity contribution is 6.46. The fourth-order valence-corrected chi connectivity index (χ4v) is 3.93. The van der Waals surface area contributed by atoms with E-state index in [9.17, 15) is 14.7 Å². The minimum atomic E-state index is -0.804. The summed E-state index contributed by atoms with van der Waals surface area (Å²) < 4.78 is 16.5. The lowest BCUT2D eigenvalue weighted by Gasteiger charge is -2.25. The lowest BCUT2D eigenvalue weighted by atomic mass is 9.95. The lowest BCUT2D eigenvalue weighted by molar-refractivity contribution is -0.140. The smallest absolute Gasteiger partial charge is 0.296 e. The molecule has 1 N–H and O–H groups in total. The summed E-state index contributed by atoms with van der Waals surface area (Å²) in [4.78, 5) is 27.6. The van der Waals surface area contributed by atoms with Crippen LogP contribution < -0.4 is 9.47 Å². The third-order valence-corrected chi connectivity index (χ3v) is 5.37. The number of carbonyl (C=O) groups excluding carboxylic acids is 2. The van der Waals surface area contributed by atoms with Gasteiger partial charge in [0.2, 0.25) is 0 Å². The maximum atomic E-state index is 13.1. The summed E-state index contributed by atoms with van der Waals surface area (Å²) in [6.07, 6.45) is 1.51. The third kappa shape index (κ3) is 4.48. The van der Waals surface area contributed by atoms with Crippen LogP contribution in [0.5, 0.6) is 11.5 Å². The molecule has 0 saturated carbocycles. The molecule has 1 unspecified atom stereocenters. The van der Waals surface area contributed by atoms with Gasteiger partial charge < -0.3 is 23.9 Å². The van der Waals surface area contributed by atoms with Crippen molar-refractivity contribution in [2.45, 2.75) is 26.4 Å². The van der Waals surface area contributed by atoms with Crippen LogP contribution in [0.1, 0.15) is 36.8 Å². The van der Waals surface area contributed by atoms with Gasteiger partial charge in [0.1, 0.15) is 23.0 Å². The van der Waals surface area contributed by atoms with Crippen molar-refractivity contribution < 1.29 is 28.6 Å². The van der Waals surface area contributed by atoms with Gasteiger partial charge in [-0.3, -0.25) is 9.59 Å². The van der Waals surface area contributed by atoms with E-state index in [1.54, 1.807) is 60.7 Å². The second-order valence-electron chi connectivity index (χ2n) is 7.47. The van der Waals surface area contributed by atoms with Crippen molar-refractivity contribution in [1.82, 2.24) is 4.90 Å². The predicted molar refractivity (Wildman–Crippen MR) is 122 cm³/mol. The third-order valence-electron chi connectivity index (χ3n) is 5.37. The van der Waals surface area contributed by atoms with Crippen LogP contribution in [-0.2, 0) is 16.1 Å². The van der Waals surface area contributed by atoms with E-state index in [4.69, 9.17) is 13.9 Å². The Bertz CT molecular complexity index is 1160. The molecular weight excluding hydrogens is 422 g/mol. The molecule has 7 nitrogen and oxygen atoms in total. The number of amides is 1. The molecule has 0 radical (unpaired) electrons. The molecule has 1 aliphatic rings. The van der Waals surface area contributed by atoms with Gasteiger partial charge in [0.05, 0.1) is 37.6 Å². The first-order valence-corrected chi connectivity index (χ1v) is 10.8. The van der Waals surface area contributed by atoms with E-state index in [2.05, 4.69) is 0 Å². The summed E-state index contributed by atoms with van der Waals surface area (Å²) in [5.41, 5.74) is 1.09. The van der Waals surface area contributed by atoms with Gasteiger partial charge in [0.15, 0.2) is 0 Å². The molecule has 1 fully saturated rings. The Balaban J connectivity index is 1.82. The molecule has 1 saturated heterocycles. The first-order valence-electron chi connectivity index (χ1n) is 10.8. The Morgan fingerprint density at radius 1 is 0.970 bits per heavy atom. The zero-order chi connectivity index (χ0) is 23.4. The van der Waals surface area contributed by atoms with E-state index in [0.717, 1.165) is 0 Å². The number of ketones is 1. The first-order chi connectivity index (χ1) is 16.0. The largest absolute Gasteiger partial charge is 0.507 e. The highest BCUT2D eigenvalue weighted by atomic mass is 16.5. The van der Waals surface area contributed by atoms with Crippen LogP contribution in [0, 0.1) is 0 Å². The van der Waals surface area contributed by atoms with Crippen molar-refractivity contribution in [3.05, 3.63) is 89.4 Å². The predicted octanol–water partition coefficient (Wildman–Crippen LogP) is 4.70. The minimum Gasteiger partial charge on any atom is -0.507 e. The van der Waals surface area contributed by atoms with E-state index < -0.39 is 17.7 Å². The number of likely N-dealkylation sites (tertiary alicyclic amines) is 1. The monoisotopic (exact) mass is 447 g/mol. The molecule has 0 spiro atoms. The number of ether oxygens (including phenoxy) is 2. The topological polar surface area (TPSA) is 89.2 Å². The number of aliphatic hydroxyl groups is 1. The standard InChI is InChI=1S/C26H25NO6/c1-3-31-19-12-10-17(11-13-19)24(28)22-23(18-7-5-8-20(15-18)32-4-2)27(26(30)25(22)29)16-21-9-6-14-33-21/h5-15,23,28H,3-4,16H2,1-2H3/b24-22-. The van der Waals surface area contributed by atoms with Crippen LogP contribution in [0.3, 0.4) is 0 Å². The molecule has 7 heteroatoms. The molecule has 0 bridgehead atoms. The molecule has 1 aromatic heterocycles. The van der Waals surface area contributed by atoms with Crippen molar-refractivity contribution in [2.24, 2.45) is 0 Å². The molecule has 2 aromatic carbocycles. The molecule has 1 aliphatic heterocycles. The van der Waals surface area contributed by atoms with Crippen LogP contribution in [0.15, 0.2) is 76.9 Å². The summed E-state index contributed by atoms with van der Waals surface area (Å²) in [7, 11) is 0. The average Bonchev–Trinajstić information content (AvgIpc) is 3.42. The van der Waals surface area contributed by atoms with Gasteiger partial charge in [0, 0.05) is 5.56 Å². The molecule has 4 rings (SSSR count). The van der Waals surface area contributed by atoms with Gasteiger partial charge in [-0.2, -0.15) is 0 Å². The Kier molecular flexibility index (Phi) is 6.49. The molecule has 3 aromatic rings. The van der Waals surface area contributed by atoms with E-state index in [-0.39, 0.29) is 17.9 Å². The summed E-state index contributed by atoms with van der Waals surface area (Å²) >= 11 is 0. The summed E-state index contributed by atoms with van der Waals surface area (Å²) in [6.45, 7) is 4.83. The second-order valence-corrected chi connectivity index (χ2v) is 7.47. The average molecular weight is 447 g/mol. The normalized spacial score (nSPS) is 17.4. The number of aliphatic hydroxyl groups excluding tert-OH is 1. The van der Waals surface area contributed by atoms with Crippen LogP contribution in [0.4, 0.5) is 0 Å². The number of carbonyl (C=O) groups is 2. The molecular formula is C26H25NO6. The van der Waals surface area contributed by atoms with Gasteiger partial charge in [-0.05, 0) is 67.9 Å². The highest BCUT2D eigenvalue weighted by Crippen LogP contribution is 2.41. The quantitative estimate of drug-likeness (QED) is 0.306. The second kappa shape index (κ2) is 9.65. The highest BCUT2D eigenvalue weighted by Gasteiger charge is 2.46. The van der Waals surface area contributed by atoms with Gasteiger partial charge >= 0.3 is 0 Å². The number of rotatable bonds is 8. The van der Waals surface area contributed by atoms with Gasteiger partial charge in [-0.25, -0.2) is 0 Å². The first kappa shape index (κ1) is 22.2. The van der Waals surface area contributed by atoms with E-state index >= 15 is 0 Å². The van der Waals surface area contributed by atoms with Crippen molar-refractivity contribution in [1.29, 1.82) is 0 Å². The molecule has 2 heterocycles. The van der Waals surface area contributed by atoms with Gasteiger partial charge in [-0.1, -0.05) is 12.1 Å². The van der Waals surface area contributed by atoms with E-state index in [1.165, 1.54) is 11.2 Å². The number of nitrogens with zero attached hydrogens (tertiary/aromatic N) is 1. The summed E-state index contributed by atoms with van der Waals surface area (Å²) in [6, 6.07) is 16.6. The number of Topliss-reactive ketones (excluding diaryl/α,β-unsaturated/α-hetero) is 1. The van der Waals surface area contributed by atoms with E-state index in [1.807, 2.05) is 13.8 Å². The van der Waals surface area contributed by atoms with E-state index in [0.29, 0.717) is 41.6 Å². The zero-order valence-corrected chi connectivity index (χ0v) is 18.5. The number of furan rings is 1. The Labute approximate surface area is 191 Å². The van der Waals surface area contributed by atoms with Crippen molar-refractivity contribution in [3.63, 3.8) is 0 Å². The minimum absolute atomic E-state index is 0.0179. The Hall–Kier alpha value is -4.00. The number of hydrogen-bond donors (Lipinski definition) is 1. The maximum absolute atomic E-state index is 13.1. The van der Waals surface area contributed by atoms with Crippen LogP contribution in [0.2, 0.25) is 0 Å². The fourth-order valence-electron chi connectivity index (χ4n) is 3.93.